The van der Waals surface area contributed by atoms with E-state index in [0.717, 1.165) is 30.8 Å². The van der Waals surface area contributed by atoms with Crippen molar-refractivity contribution in [3.63, 3.8) is 0 Å². The van der Waals surface area contributed by atoms with Crippen molar-refractivity contribution in [2.75, 3.05) is 23.7 Å². The lowest BCUT2D eigenvalue weighted by molar-refractivity contribution is 0.169. The number of para-hydroxylation sites is 1. The number of thioether (sulfide) groups is 1. The van der Waals surface area contributed by atoms with E-state index in [4.69, 9.17) is 0 Å². The summed E-state index contributed by atoms with van der Waals surface area (Å²) in [7, 11) is 0. The average Bonchev–Trinajstić information content (AvgIpc) is 2.60. The third-order valence-electron chi connectivity index (χ3n) is 4.45. The van der Waals surface area contributed by atoms with Gasteiger partial charge in [-0.05, 0) is 54.3 Å². The van der Waals surface area contributed by atoms with E-state index in [1.54, 1.807) is 0 Å². The molecule has 1 aliphatic rings. The number of anilines is 1. The van der Waals surface area contributed by atoms with Gasteiger partial charge in [0.1, 0.15) is 0 Å². The Labute approximate surface area is 143 Å². The molecule has 0 saturated heterocycles. The molecule has 1 N–H and O–H groups in total. The quantitative estimate of drug-likeness (QED) is 0.780. The lowest BCUT2D eigenvalue weighted by Crippen LogP contribution is -2.31. The second-order valence-electron chi connectivity index (χ2n) is 6.03. The second kappa shape index (κ2) is 7.89. The molecule has 0 radical (unpaired) electrons. The minimum Gasteiger partial charge on any atom is -0.388 e. The molecule has 1 aliphatic heterocycles. The van der Waals surface area contributed by atoms with Gasteiger partial charge in [-0.25, -0.2) is 0 Å². The molecule has 1 atom stereocenters. The van der Waals surface area contributed by atoms with Gasteiger partial charge in [-0.3, -0.25) is 0 Å². The van der Waals surface area contributed by atoms with Gasteiger partial charge in [0.15, 0.2) is 0 Å². The topological polar surface area (TPSA) is 23.5 Å². The molecule has 2 aromatic carbocycles. The summed E-state index contributed by atoms with van der Waals surface area (Å²) in [5.41, 5.74) is 3.81. The Kier molecular flexibility index (Phi) is 5.63. The van der Waals surface area contributed by atoms with Gasteiger partial charge < -0.3 is 10.0 Å². The molecule has 0 aromatic heterocycles. The Morgan fingerprint density at radius 1 is 1.13 bits per heavy atom. The van der Waals surface area contributed by atoms with Crippen LogP contribution >= 0.6 is 11.8 Å². The number of nitrogens with zero attached hydrogens (tertiary/aromatic N) is 1. The zero-order chi connectivity index (χ0) is 16.1. The Bertz CT molecular complexity index is 626. The molecular formula is C20H25NOS. The second-order valence-corrected chi connectivity index (χ2v) is 7.36. The van der Waals surface area contributed by atoms with Crippen LogP contribution < -0.4 is 4.90 Å². The normalized spacial score (nSPS) is 15.3. The van der Waals surface area contributed by atoms with Gasteiger partial charge in [0.05, 0.1) is 6.10 Å². The van der Waals surface area contributed by atoms with Crippen LogP contribution in [-0.2, 0) is 6.42 Å². The van der Waals surface area contributed by atoms with Crippen LogP contribution in [0, 0.1) is 0 Å². The summed E-state index contributed by atoms with van der Waals surface area (Å²) < 4.78 is 0. The van der Waals surface area contributed by atoms with Gasteiger partial charge >= 0.3 is 0 Å². The van der Waals surface area contributed by atoms with Crippen LogP contribution in [-0.4, -0.2) is 23.9 Å². The first-order valence-corrected chi connectivity index (χ1v) is 9.50. The molecule has 122 valence electrons. The number of aliphatic hydroxyl groups is 1. The average molecular weight is 327 g/mol. The Hall–Kier alpha value is -1.45. The predicted octanol–water partition coefficient (Wildman–Crippen LogP) is 4.67. The minimum absolute atomic E-state index is 0.384. The van der Waals surface area contributed by atoms with Crippen LogP contribution in [0.4, 0.5) is 5.69 Å². The highest BCUT2D eigenvalue weighted by atomic mass is 32.2. The monoisotopic (exact) mass is 327 g/mol. The summed E-state index contributed by atoms with van der Waals surface area (Å²) in [6.07, 6.45) is 2.76. The van der Waals surface area contributed by atoms with E-state index in [1.165, 1.54) is 29.0 Å². The van der Waals surface area contributed by atoms with Crippen molar-refractivity contribution in [1.82, 2.24) is 0 Å². The van der Waals surface area contributed by atoms with Crippen LogP contribution in [0.3, 0.4) is 0 Å². The van der Waals surface area contributed by atoms with Gasteiger partial charge in [0.25, 0.3) is 0 Å². The van der Waals surface area contributed by atoms with Crippen LogP contribution in [0.1, 0.15) is 37.0 Å². The molecule has 3 rings (SSSR count). The first kappa shape index (κ1) is 16.4. The molecule has 0 saturated carbocycles. The van der Waals surface area contributed by atoms with E-state index in [1.807, 2.05) is 11.8 Å². The highest BCUT2D eigenvalue weighted by Gasteiger charge is 2.17. The van der Waals surface area contributed by atoms with Crippen molar-refractivity contribution in [2.24, 2.45) is 0 Å². The van der Waals surface area contributed by atoms with Gasteiger partial charge in [-0.15, -0.1) is 11.8 Å². The maximum Gasteiger partial charge on any atom is 0.0806 e. The fraction of sp³-hybridized carbons (Fsp3) is 0.400. The number of hydrogen-bond acceptors (Lipinski definition) is 3. The first-order chi connectivity index (χ1) is 11.3. The summed E-state index contributed by atoms with van der Waals surface area (Å²) in [4.78, 5) is 3.69. The molecule has 3 heteroatoms. The van der Waals surface area contributed by atoms with E-state index < -0.39 is 0 Å². The molecule has 23 heavy (non-hydrogen) atoms. The van der Waals surface area contributed by atoms with Crippen molar-refractivity contribution < 1.29 is 5.11 Å². The molecular weight excluding hydrogens is 302 g/mol. The third kappa shape index (κ3) is 4.10. The summed E-state index contributed by atoms with van der Waals surface area (Å²) in [6, 6.07) is 17.0. The Morgan fingerprint density at radius 3 is 2.70 bits per heavy atom. The largest absolute Gasteiger partial charge is 0.388 e. The smallest absolute Gasteiger partial charge is 0.0806 e. The fourth-order valence-electron chi connectivity index (χ4n) is 3.24. The summed E-state index contributed by atoms with van der Waals surface area (Å²) >= 11 is 1.83. The van der Waals surface area contributed by atoms with Crippen LogP contribution in [0.15, 0.2) is 53.4 Å². The van der Waals surface area contributed by atoms with Gasteiger partial charge in [-0.2, -0.15) is 0 Å². The molecule has 0 bridgehead atoms. The Balaban J connectivity index is 1.60. The number of rotatable bonds is 6. The van der Waals surface area contributed by atoms with Crippen LogP contribution in [0.5, 0.6) is 0 Å². The molecule has 0 spiro atoms. The number of fused-ring (bicyclic) bond motifs is 1. The molecule has 2 aromatic rings. The summed E-state index contributed by atoms with van der Waals surface area (Å²) in [5.74, 6) is 1.08. The maximum absolute atomic E-state index is 10.5. The summed E-state index contributed by atoms with van der Waals surface area (Å²) in [6.45, 7) is 4.16. The fourth-order valence-corrected chi connectivity index (χ4v) is 3.90. The number of hydrogen-bond donors (Lipinski definition) is 1. The Morgan fingerprint density at radius 2 is 1.91 bits per heavy atom. The van der Waals surface area contributed by atoms with E-state index >= 15 is 0 Å². The van der Waals surface area contributed by atoms with Gasteiger partial charge in [-0.1, -0.05) is 37.3 Å². The lowest BCUT2D eigenvalue weighted by atomic mass is 10.0. The molecule has 1 unspecified atom stereocenters. The van der Waals surface area contributed by atoms with Gasteiger partial charge in [0.2, 0.25) is 0 Å². The molecule has 0 fully saturated rings. The van der Waals surface area contributed by atoms with Crippen molar-refractivity contribution in [3.8, 4) is 0 Å². The van der Waals surface area contributed by atoms with E-state index in [2.05, 4.69) is 60.4 Å². The molecule has 0 amide bonds. The van der Waals surface area contributed by atoms with Crippen molar-refractivity contribution in [3.05, 3.63) is 59.7 Å². The number of benzene rings is 2. The van der Waals surface area contributed by atoms with Gasteiger partial charge in [0, 0.05) is 23.7 Å². The van der Waals surface area contributed by atoms with E-state index in [-0.39, 0.29) is 6.10 Å². The van der Waals surface area contributed by atoms with Crippen molar-refractivity contribution in [2.45, 2.75) is 37.2 Å². The molecule has 2 nitrogen and oxygen atoms in total. The number of aliphatic hydroxyl groups excluding tert-OH is 1. The van der Waals surface area contributed by atoms with Crippen molar-refractivity contribution >= 4 is 17.4 Å². The lowest BCUT2D eigenvalue weighted by Gasteiger charge is -2.32. The number of aryl methyl sites for hydroxylation is 1. The SMILES string of the molecule is CCSc1ccc(C(O)CCN2CCCc3ccccc32)cc1. The molecule has 0 aliphatic carbocycles. The standard InChI is InChI=1S/C20H25NOS/c1-2-23-18-11-9-17(10-12-18)20(22)13-15-21-14-5-7-16-6-3-4-8-19(16)21/h3-4,6,8-12,20,22H,2,5,7,13-15H2,1H3. The van der Waals surface area contributed by atoms with E-state index in [9.17, 15) is 5.11 Å². The summed E-state index contributed by atoms with van der Waals surface area (Å²) in [5, 5.41) is 10.5. The van der Waals surface area contributed by atoms with Crippen LogP contribution in [0.2, 0.25) is 0 Å². The highest BCUT2D eigenvalue weighted by Crippen LogP contribution is 2.28. The molecule has 1 heterocycles. The maximum atomic E-state index is 10.5. The van der Waals surface area contributed by atoms with Crippen molar-refractivity contribution in [1.29, 1.82) is 0 Å². The zero-order valence-corrected chi connectivity index (χ0v) is 14.6. The minimum atomic E-state index is -0.384. The van der Waals surface area contributed by atoms with Crippen LogP contribution in [0.25, 0.3) is 0 Å². The third-order valence-corrected chi connectivity index (χ3v) is 5.35. The first-order valence-electron chi connectivity index (χ1n) is 8.51. The van der Waals surface area contributed by atoms with E-state index in [0.29, 0.717) is 0 Å². The highest BCUT2D eigenvalue weighted by molar-refractivity contribution is 7.99. The zero-order valence-electron chi connectivity index (χ0n) is 13.7. The predicted molar refractivity (Wildman–Crippen MR) is 99.4 cm³/mol.